The lowest BCUT2D eigenvalue weighted by Gasteiger charge is -2.49. The molecule has 3 aromatic rings. The first-order chi connectivity index (χ1) is 18.6. The van der Waals surface area contributed by atoms with Gasteiger partial charge in [-0.05, 0) is 57.4 Å². The van der Waals surface area contributed by atoms with Crippen molar-refractivity contribution in [2.24, 2.45) is 5.11 Å². The highest BCUT2D eigenvalue weighted by Gasteiger charge is 2.54. The third kappa shape index (κ3) is 6.16. The highest BCUT2D eigenvalue weighted by molar-refractivity contribution is 14.1. The third-order valence-corrected chi connectivity index (χ3v) is 8.65. The monoisotopic (exact) mass is 640 g/mol. The molecule has 38 heavy (non-hydrogen) atoms. The van der Waals surface area contributed by atoms with E-state index < -0.39 is 35.6 Å². The van der Waals surface area contributed by atoms with Crippen molar-refractivity contribution in [1.82, 2.24) is 0 Å². The highest BCUT2D eigenvalue weighted by Crippen LogP contribution is 2.41. The molecule has 2 saturated heterocycles. The molecule has 2 fully saturated rings. The summed E-state index contributed by atoms with van der Waals surface area (Å²) in [6, 6.07) is 28.9. The van der Waals surface area contributed by atoms with Crippen molar-refractivity contribution in [2.75, 3.05) is 6.61 Å². The van der Waals surface area contributed by atoms with Crippen LogP contribution in [0.4, 0.5) is 0 Å². The number of fused-ring (bicyclic) bond motifs is 1. The maximum absolute atomic E-state index is 10.2. The highest BCUT2D eigenvalue weighted by atomic mass is 127. The average Bonchev–Trinajstić information content (AvgIpc) is 2.95. The van der Waals surface area contributed by atoms with E-state index in [9.17, 15) is 10.8 Å². The molecule has 2 aliphatic rings. The van der Waals surface area contributed by atoms with E-state index in [0.29, 0.717) is 6.61 Å². The second-order valence-corrected chi connectivity index (χ2v) is 11.3. The molecule has 8 nitrogen and oxygen atoms in total. The van der Waals surface area contributed by atoms with Gasteiger partial charge >= 0.3 is 0 Å². The van der Waals surface area contributed by atoms with E-state index >= 15 is 0 Å². The van der Waals surface area contributed by atoms with Crippen LogP contribution in [0.2, 0.25) is 0 Å². The average molecular weight is 641 g/mol. The molecule has 2 heterocycles. The van der Waals surface area contributed by atoms with Crippen molar-refractivity contribution in [3.05, 3.63) is 110 Å². The van der Waals surface area contributed by atoms with Gasteiger partial charge in [0.15, 0.2) is 0 Å². The summed E-state index contributed by atoms with van der Waals surface area (Å²) in [6.07, 6.45) is -1.68. The Morgan fingerprint density at radius 2 is 1.79 bits per heavy atom. The SMILES string of the molecule is N#C[C@@]1(Cc2ccccc2I)OC[C@H]2O[C@H](Sc3ccccc3)[C@@H](OCc3ccccc3)[C@@H](N=[N+]=[N-])[C@@H]2O1. The van der Waals surface area contributed by atoms with Gasteiger partial charge in [0.25, 0.3) is 5.79 Å². The van der Waals surface area contributed by atoms with Gasteiger partial charge in [-0.3, -0.25) is 0 Å². The van der Waals surface area contributed by atoms with Crippen LogP contribution in [-0.4, -0.2) is 42.2 Å². The number of halogens is 1. The Hall–Kier alpha value is -2.62. The normalized spacial score (nSPS) is 28.5. The fraction of sp³-hybridized carbons (Fsp3) is 0.321. The Labute approximate surface area is 239 Å². The predicted octanol–water partition coefficient (Wildman–Crippen LogP) is 6.25. The number of hydrogen-bond donors (Lipinski definition) is 0. The lowest BCUT2D eigenvalue weighted by molar-refractivity contribution is -0.326. The number of thioether (sulfide) groups is 1. The number of ether oxygens (including phenoxy) is 4. The topological polar surface area (TPSA) is 109 Å². The number of azide groups is 1. The molecule has 0 aliphatic carbocycles. The van der Waals surface area contributed by atoms with Crippen LogP contribution in [0, 0.1) is 14.9 Å². The zero-order chi connectivity index (χ0) is 26.4. The van der Waals surface area contributed by atoms with Gasteiger partial charge in [-0.15, -0.1) is 0 Å². The quantitative estimate of drug-likeness (QED) is 0.125. The summed E-state index contributed by atoms with van der Waals surface area (Å²) in [5.41, 5.74) is 11.0. The number of nitrogens with zero attached hydrogens (tertiary/aromatic N) is 4. The Bertz CT molecular complexity index is 1320. The first-order valence-corrected chi connectivity index (χ1v) is 14.1. The number of benzene rings is 3. The van der Waals surface area contributed by atoms with E-state index in [1.165, 1.54) is 11.8 Å². The van der Waals surface area contributed by atoms with Crippen LogP contribution >= 0.6 is 34.4 Å². The molecule has 5 rings (SSSR count). The Morgan fingerprint density at radius 3 is 2.50 bits per heavy atom. The molecule has 0 N–H and O–H groups in total. The Kier molecular flexibility index (Phi) is 8.86. The van der Waals surface area contributed by atoms with E-state index in [4.69, 9.17) is 18.9 Å². The lowest BCUT2D eigenvalue weighted by atomic mass is 9.94. The molecule has 0 bridgehead atoms. The molecule has 0 aromatic heterocycles. The summed E-state index contributed by atoms with van der Waals surface area (Å²) in [7, 11) is 0. The van der Waals surface area contributed by atoms with Gasteiger partial charge < -0.3 is 18.9 Å². The molecule has 0 unspecified atom stereocenters. The predicted molar refractivity (Wildman–Crippen MR) is 151 cm³/mol. The van der Waals surface area contributed by atoms with Crippen LogP contribution in [0.5, 0.6) is 0 Å². The van der Waals surface area contributed by atoms with E-state index in [-0.39, 0.29) is 13.0 Å². The van der Waals surface area contributed by atoms with Gasteiger partial charge in [0.1, 0.15) is 29.8 Å². The first kappa shape index (κ1) is 27.0. The lowest BCUT2D eigenvalue weighted by Crippen LogP contribution is -2.64. The van der Waals surface area contributed by atoms with Gasteiger partial charge in [-0.25, -0.2) is 0 Å². The third-order valence-electron chi connectivity index (χ3n) is 6.44. The summed E-state index contributed by atoms with van der Waals surface area (Å²) in [6.45, 7) is 0.425. The standard InChI is InChI=1S/C28H25IN4O4S/c29-22-14-8-7-11-20(22)15-28(18-30)35-17-23-25(37-28)24(32-33-31)26(34-16-19-9-3-1-4-10-19)27(36-23)38-21-12-5-2-6-13-21/h1-14,23-27H,15-17H2/t23-,24+,25-,26+,27-,28+/m1/s1. The minimum Gasteiger partial charge on any atom is -0.369 e. The second-order valence-electron chi connectivity index (χ2n) is 8.96. The maximum Gasteiger partial charge on any atom is 0.263 e. The Balaban J connectivity index is 1.44. The Morgan fingerprint density at radius 1 is 1.08 bits per heavy atom. The van der Waals surface area contributed by atoms with Crippen LogP contribution in [0.3, 0.4) is 0 Å². The van der Waals surface area contributed by atoms with Crippen LogP contribution in [0.1, 0.15) is 11.1 Å². The molecule has 10 heteroatoms. The van der Waals surface area contributed by atoms with Gasteiger partial charge in [-0.2, -0.15) is 5.26 Å². The zero-order valence-electron chi connectivity index (χ0n) is 20.3. The van der Waals surface area contributed by atoms with Crippen molar-refractivity contribution in [1.29, 1.82) is 5.26 Å². The molecule has 2 aliphatic heterocycles. The van der Waals surface area contributed by atoms with Crippen molar-refractivity contribution in [3.63, 3.8) is 0 Å². The largest absolute Gasteiger partial charge is 0.369 e. The molecular weight excluding hydrogens is 615 g/mol. The summed E-state index contributed by atoms with van der Waals surface area (Å²) in [5.74, 6) is -1.54. The zero-order valence-corrected chi connectivity index (χ0v) is 23.3. The van der Waals surface area contributed by atoms with Gasteiger partial charge in [-0.1, -0.05) is 83.6 Å². The molecule has 0 saturated carbocycles. The molecule has 194 valence electrons. The van der Waals surface area contributed by atoms with Crippen molar-refractivity contribution < 1.29 is 18.9 Å². The van der Waals surface area contributed by atoms with Crippen molar-refractivity contribution in [3.8, 4) is 6.07 Å². The van der Waals surface area contributed by atoms with Crippen LogP contribution in [0.15, 0.2) is 94.9 Å². The van der Waals surface area contributed by atoms with Crippen molar-refractivity contribution in [2.45, 2.75) is 53.5 Å². The smallest absolute Gasteiger partial charge is 0.263 e. The molecule has 0 amide bonds. The fourth-order valence-electron chi connectivity index (χ4n) is 4.59. The molecule has 6 atom stereocenters. The van der Waals surface area contributed by atoms with Crippen LogP contribution in [-0.2, 0) is 32.0 Å². The molecule has 0 radical (unpaired) electrons. The summed E-state index contributed by atoms with van der Waals surface area (Å²) < 4.78 is 26.3. The van der Waals surface area contributed by atoms with E-state index in [1.807, 2.05) is 84.9 Å². The minimum absolute atomic E-state index is 0.121. The van der Waals surface area contributed by atoms with Crippen molar-refractivity contribution >= 4 is 34.4 Å². The number of hydrogen-bond acceptors (Lipinski definition) is 7. The van der Waals surface area contributed by atoms with Gasteiger partial charge in [0.2, 0.25) is 0 Å². The summed E-state index contributed by atoms with van der Waals surface area (Å²) in [5, 5.41) is 14.3. The molecule has 0 spiro atoms. The first-order valence-electron chi connectivity index (χ1n) is 12.1. The summed E-state index contributed by atoms with van der Waals surface area (Å²) >= 11 is 3.73. The molecule has 3 aromatic carbocycles. The van der Waals surface area contributed by atoms with E-state index in [1.54, 1.807) is 0 Å². The maximum atomic E-state index is 10.2. The summed E-state index contributed by atoms with van der Waals surface area (Å²) in [4.78, 5) is 4.14. The number of rotatable bonds is 8. The minimum atomic E-state index is -1.54. The van der Waals surface area contributed by atoms with E-state index in [0.717, 1.165) is 19.6 Å². The molecular formula is C28H25IN4O4S. The second kappa shape index (κ2) is 12.5. The number of nitriles is 1. The van der Waals surface area contributed by atoms with Crippen LogP contribution < -0.4 is 0 Å². The van der Waals surface area contributed by atoms with Gasteiger partial charge in [0, 0.05) is 19.8 Å². The van der Waals surface area contributed by atoms with Gasteiger partial charge in [0.05, 0.1) is 19.3 Å². The van der Waals surface area contributed by atoms with E-state index in [2.05, 4.69) is 38.7 Å². The fourth-order valence-corrected chi connectivity index (χ4v) is 6.32. The van der Waals surface area contributed by atoms with Crippen LogP contribution in [0.25, 0.3) is 10.4 Å².